The van der Waals surface area contributed by atoms with Crippen LogP contribution >= 0.6 is 9.39 Å². The van der Waals surface area contributed by atoms with Crippen molar-refractivity contribution in [2.45, 2.75) is 19.1 Å². The number of aliphatic hydroxyl groups excluding tert-OH is 1. The Kier molecular flexibility index (Phi) is 3.64. The van der Waals surface area contributed by atoms with Gasteiger partial charge in [-0.3, -0.25) is 5.09 Å². The fraction of sp³-hybridized carbons (Fsp3) is 0.455. The Morgan fingerprint density at radius 3 is 2.69 bits per heavy atom. The molecule has 5 heteroatoms. The number of aliphatic hydroxyl groups is 1. The standard InChI is InChI=1S/C11H16NO3P/c1-7(12-16)11(13)8-2-3-9-10(6-8)15-5-4-14-9/h2-3,6-7,11-13H,4-5,16H2,1H3/t7-,11+/m1/s1. The van der Waals surface area contributed by atoms with Gasteiger partial charge in [-0.15, -0.1) is 0 Å². The Balaban J connectivity index is 2.22. The van der Waals surface area contributed by atoms with Crippen LogP contribution in [-0.4, -0.2) is 24.4 Å². The minimum atomic E-state index is -0.562. The lowest BCUT2D eigenvalue weighted by Crippen LogP contribution is -2.25. The summed E-state index contributed by atoms with van der Waals surface area (Å²) in [5, 5.41) is 13.0. The first-order chi connectivity index (χ1) is 7.72. The van der Waals surface area contributed by atoms with Crippen molar-refractivity contribution in [3.8, 4) is 11.5 Å². The highest BCUT2D eigenvalue weighted by Crippen LogP contribution is 2.33. The summed E-state index contributed by atoms with van der Waals surface area (Å²) in [5.41, 5.74) is 0.826. The maximum absolute atomic E-state index is 10.0. The second kappa shape index (κ2) is 5.00. The van der Waals surface area contributed by atoms with Crippen molar-refractivity contribution >= 4 is 9.39 Å². The van der Waals surface area contributed by atoms with Crippen LogP contribution in [0.5, 0.6) is 11.5 Å². The predicted molar refractivity (Wildman–Crippen MR) is 64.7 cm³/mol. The summed E-state index contributed by atoms with van der Waals surface area (Å²) in [5.74, 6) is 1.45. The molecular weight excluding hydrogens is 225 g/mol. The highest BCUT2D eigenvalue weighted by atomic mass is 31.0. The maximum atomic E-state index is 10.0. The molecule has 1 aromatic carbocycles. The summed E-state index contributed by atoms with van der Waals surface area (Å²) < 4.78 is 10.9. The minimum Gasteiger partial charge on any atom is -0.486 e. The van der Waals surface area contributed by atoms with Crippen LogP contribution in [0.4, 0.5) is 0 Å². The Morgan fingerprint density at radius 2 is 2.00 bits per heavy atom. The first-order valence-corrected chi connectivity index (χ1v) is 5.84. The van der Waals surface area contributed by atoms with Crippen molar-refractivity contribution in [1.29, 1.82) is 0 Å². The Hall–Kier alpha value is -0.830. The molecule has 0 spiro atoms. The average molecular weight is 241 g/mol. The highest BCUT2D eigenvalue weighted by Gasteiger charge is 2.18. The second-order valence-electron chi connectivity index (χ2n) is 3.80. The van der Waals surface area contributed by atoms with Crippen LogP contribution in [-0.2, 0) is 0 Å². The molecule has 0 bridgehead atoms. The summed E-state index contributed by atoms with van der Waals surface area (Å²) in [4.78, 5) is 0. The Bertz CT molecular complexity index is 372. The van der Waals surface area contributed by atoms with Gasteiger partial charge in [0.05, 0.1) is 6.10 Å². The van der Waals surface area contributed by atoms with Crippen molar-refractivity contribution in [1.82, 2.24) is 5.09 Å². The quantitative estimate of drug-likeness (QED) is 0.782. The molecule has 0 saturated heterocycles. The van der Waals surface area contributed by atoms with Crippen LogP contribution in [0.3, 0.4) is 0 Å². The van der Waals surface area contributed by atoms with Gasteiger partial charge in [-0.1, -0.05) is 15.5 Å². The third-order valence-corrected chi connectivity index (χ3v) is 3.17. The first-order valence-electron chi connectivity index (χ1n) is 5.26. The molecule has 0 saturated carbocycles. The molecule has 0 aromatic heterocycles. The van der Waals surface area contributed by atoms with Gasteiger partial charge in [0, 0.05) is 6.04 Å². The topological polar surface area (TPSA) is 50.7 Å². The van der Waals surface area contributed by atoms with Crippen LogP contribution in [0.1, 0.15) is 18.6 Å². The molecule has 16 heavy (non-hydrogen) atoms. The zero-order valence-corrected chi connectivity index (χ0v) is 10.3. The molecule has 3 atom stereocenters. The third-order valence-electron chi connectivity index (χ3n) is 2.64. The molecule has 2 N–H and O–H groups in total. The molecule has 2 rings (SSSR count). The van der Waals surface area contributed by atoms with Crippen molar-refractivity contribution < 1.29 is 14.6 Å². The van der Waals surface area contributed by atoms with Gasteiger partial charge in [0.25, 0.3) is 0 Å². The second-order valence-corrected chi connectivity index (χ2v) is 4.14. The lowest BCUT2D eigenvalue weighted by Gasteiger charge is -2.22. The maximum Gasteiger partial charge on any atom is 0.161 e. The van der Waals surface area contributed by atoms with E-state index in [-0.39, 0.29) is 6.04 Å². The minimum absolute atomic E-state index is 0.0347. The largest absolute Gasteiger partial charge is 0.486 e. The molecule has 88 valence electrons. The van der Waals surface area contributed by atoms with E-state index in [4.69, 9.17) is 9.47 Å². The molecule has 0 fully saturated rings. The van der Waals surface area contributed by atoms with Gasteiger partial charge in [-0.25, -0.2) is 0 Å². The highest BCUT2D eigenvalue weighted by molar-refractivity contribution is 7.13. The van der Waals surface area contributed by atoms with Gasteiger partial charge in [-0.05, 0) is 24.6 Å². The van der Waals surface area contributed by atoms with E-state index in [0.717, 1.165) is 11.3 Å². The normalized spacial score (nSPS) is 17.9. The van der Waals surface area contributed by atoms with E-state index in [1.165, 1.54) is 0 Å². The summed E-state index contributed by atoms with van der Waals surface area (Å²) in [6.45, 7) is 3.05. The van der Waals surface area contributed by atoms with E-state index < -0.39 is 6.10 Å². The monoisotopic (exact) mass is 241 g/mol. The number of nitrogens with one attached hydrogen (secondary N) is 1. The Labute approximate surface area is 97.2 Å². The van der Waals surface area contributed by atoms with Gasteiger partial charge in [0.2, 0.25) is 0 Å². The smallest absolute Gasteiger partial charge is 0.161 e. The molecule has 1 aromatic rings. The van der Waals surface area contributed by atoms with Crippen molar-refractivity contribution in [2.24, 2.45) is 0 Å². The number of ether oxygens (including phenoxy) is 2. The molecule has 1 unspecified atom stereocenters. The SMILES string of the molecule is C[C@@H](NP)[C@H](O)c1ccc2c(c1)OCCO2. The van der Waals surface area contributed by atoms with Crippen LogP contribution < -0.4 is 14.6 Å². The van der Waals surface area contributed by atoms with Gasteiger partial charge in [-0.2, -0.15) is 0 Å². The van der Waals surface area contributed by atoms with E-state index >= 15 is 0 Å². The number of hydrogen-bond donors (Lipinski definition) is 2. The molecule has 1 aliphatic heterocycles. The summed E-state index contributed by atoms with van der Waals surface area (Å²) in [6, 6.07) is 5.49. The van der Waals surface area contributed by atoms with Crippen LogP contribution in [0, 0.1) is 0 Å². The lowest BCUT2D eigenvalue weighted by molar-refractivity contribution is 0.144. The van der Waals surface area contributed by atoms with Crippen LogP contribution in [0.2, 0.25) is 0 Å². The Morgan fingerprint density at radius 1 is 1.31 bits per heavy atom. The third kappa shape index (κ3) is 2.29. The van der Waals surface area contributed by atoms with Gasteiger partial charge in [0.15, 0.2) is 11.5 Å². The predicted octanol–water partition coefficient (Wildman–Crippen LogP) is 1.26. The zero-order valence-electron chi connectivity index (χ0n) is 9.14. The molecule has 1 heterocycles. The molecule has 4 nitrogen and oxygen atoms in total. The van der Waals surface area contributed by atoms with E-state index in [1.807, 2.05) is 25.1 Å². The molecule has 0 amide bonds. The van der Waals surface area contributed by atoms with E-state index in [9.17, 15) is 5.11 Å². The fourth-order valence-electron chi connectivity index (χ4n) is 1.62. The number of rotatable bonds is 3. The molecule has 1 aliphatic rings. The average Bonchev–Trinajstić information content (AvgIpc) is 2.36. The molecule has 0 aliphatic carbocycles. The van der Waals surface area contributed by atoms with E-state index in [1.54, 1.807) is 0 Å². The summed E-state index contributed by atoms with van der Waals surface area (Å²) in [7, 11) is 2.40. The lowest BCUT2D eigenvalue weighted by atomic mass is 10.0. The van der Waals surface area contributed by atoms with Crippen molar-refractivity contribution in [3.05, 3.63) is 23.8 Å². The number of hydrogen-bond acceptors (Lipinski definition) is 4. The van der Waals surface area contributed by atoms with Crippen LogP contribution in [0.15, 0.2) is 18.2 Å². The summed E-state index contributed by atoms with van der Waals surface area (Å²) >= 11 is 0. The van der Waals surface area contributed by atoms with E-state index in [0.29, 0.717) is 19.0 Å². The first kappa shape index (κ1) is 11.6. The van der Waals surface area contributed by atoms with Crippen molar-refractivity contribution in [2.75, 3.05) is 13.2 Å². The van der Waals surface area contributed by atoms with Crippen molar-refractivity contribution in [3.63, 3.8) is 0 Å². The number of fused-ring (bicyclic) bond motifs is 1. The molecular formula is C11H16NO3P. The number of benzene rings is 1. The summed E-state index contributed by atoms with van der Waals surface area (Å²) in [6.07, 6.45) is -0.562. The van der Waals surface area contributed by atoms with Crippen LogP contribution in [0.25, 0.3) is 0 Å². The van der Waals surface area contributed by atoms with Gasteiger partial charge in [0.1, 0.15) is 13.2 Å². The van der Waals surface area contributed by atoms with Gasteiger partial charge >= 0.3 is 0 Å². The van der Waals surface area contributed by atoms with E-state index in [2.05, 4.69) is 14.5 Å². The molecule has 0 radical (unpaired) electrons. The fourth-order valence-corrected chi connectivity index (χ4v) is 1.81. The zero-order chi connectivity index (χ0) is 11.5. The van der Waals surface area contributed by atoms with Gasteiger partial charge < -0.3 is 14.6 Å².